The molecule has 6 heteroatoms. The summed E-state index contributed by atoms with van der Waals surface area (Å²) in [5, 5.41) is 10.7. The van der Waals surface area contributed by atoms with Gasteiger partial charge in [0.05, 0.1) is 10.6 Å². The Bertz CT molecular complexity index is 612. The van der Waals surface area contributed by atoms with E-state index in [0.29, 0.717) is 5.78 Å². The van der Waals surface area contributed by atoms with Gasteiger partial charge >= 0.3 is 0 Å². The number of hydrogen-bond donors (Lipinski definition) is 1. The first-order valence-electron chi connectivity index (χ1n) is 4.35. The minimum Gasteiger partial charge on any atom is -0.390 e. The molecule has 0 atom stereocenters. The highest BCUT2D eigenvalue weighted by Gasteiger charge is 2.11. The molecule has 0 unspecified atom stereocenters. The van der Waals surface area contributed by atoms with Crippen LogP contribution in [0.3, 0.4) is 0 Å². The van der Waals surface area contributed by atoms with Gasteiger partial charge in [-0.3, -0.25) is 4.40 Å². The highest BCUT2D eigenvalue weighted by Crippen LogP contribution is 2.28. The van der Waals surface area contributed by atoms with Crippen molar-refractivity contribution in [2.24, 2.45) is 0 Å². The quantitative estimate of drug-likeness (QED) is 0.669. The van der Waals surface area contributed by atoms with Crippen molar-refractivity contribution in [2.45, 2.75) is 0 Å². The lowest BCUT2D eigenvalue weighted by molar-refractivity contribution is 1.10. The predicted octanol–water partition coefficient (Wildman–Crippen LogP) is 1.44. The second-order valence-electron chi connectivity index (χ2n) is 3.01. The monoisotopic (exact) mass is 217 g/mol. The first-order valence-corrected chi connectivity index (χ1v) is 5.23. The molecule has 15 heavy (non-hydrogen) atoms. The standard InChI is InChI=1S/C9H7N5S/c10-7-6(2-5-15-7)8-12-13-9-11-3-1-4-14(8)9/h1-5H,10H2. The number of thiophene rings is 1. The third kappa shape index (κ3) is 1.18. The predicted molar refractivity (Wildman–Crippen MR) is 58.5 cm³/mol. The van der Waals surface area contributed by atoms with Crippen LogP contribution < -0.4 is 5.73 Å². The molecule has 0 saturated carbocycles. The van der Waals surface area contributed by atoms with E-state index in [-0.39, 0.29) is 0 Å². The normalized spacial score (nSPS) is 10.9. The second-order valence-corrected chi connectivity index (χ2v) is 3.96. The summed E-state index contributed by atoms with van der Waals surface area (Å²) in [6, 6.07) is 3.77. The molecule has 0 spiro atoms. The average molecular weight is 217 g/mol. The fraction of sp³-hybridized carbons (Fsp3) is 0. The lowest BCUT2D eigenvalue weighted by Gasteiger charge is -1.96. The topological polar surface area (TPSA) is 69.1 Å². The Kier molecular flexibility index (Phi) is 1.69. The molecule has 0 aromatic carbocycles. The molecule has 3 heterocycles. The molecule has 3 aromatic rings. The smallest absolute Gasteiger partial charge is 0.255 e. The van der Waals surface area contributed by atoms with Crippen molar-refractivity contribution in [3.8, 4) is 11.4 Å². The molecule has 0 radical (unpaired) electrons. The lowest BCUT2D eigenvalue weighted by Crippen LogP contribution is -1.91. The van der Waals surface area contributed by atoms with Crippen LogP contribution in [-0.4, -0.2) is 19.6 Å². The van der Waals surface area contributed by atoms with E-state index in [4.69, 9.17) is 5.73 Å². The first-order chi connectivity index (χ1) is 7.36. The van der Waals surface area contributed by atoms with Gasteiger partial charge in [-0.05, 0) is 17.5 Å². The number of aromatic nitrogens is 4. The highest BCUT2D eigenvalue weighted by atomic mass is 32.1. The van der Waals surface area contributed by atoms with E-state index < -0.39 is 0 Å². The average Bonchev–Trinajstić information content (AvgIpc) is 2.83. The minimum atomic E-state index is 0.582. The van der Waals surface area contributed by atoms with E-state index >= 15 is 0 Å². The van der Waals surface area contributed by atoms with Gasteiger partial charge in [-0.1, -0.05) is 0 Å². The fourth-order valence-electron chi connectivity index (χ4n) is 1.43. The maximum Gasteiger partial charge on any atom is 0.255 e. The van der Waals surface area contributed by atoms with Crippen molar-refractivity contribution in [2.75, 3.05) is 5.73 Å². The summed E-state index contributed by atoms with van der Waals surface area (Å²) in [7, 11) is 0. The van der Waals surface area contributed by atoms with Crippen molar-refractivity contribution in [3.63, 3.8) is 0 Å². The lowest BCUT2D eigenvalue weighted by atomic mass is 10.3. The molecular weight excluding hydrogens is 210 g/mol. The number of nitrogens with two attached hydrogens (primary N) is 1. The van der Waals surface area contributed by atoms with Crippen LogP contribution in [0.25, 0.3) is 17.2 Å². The zero-order chi connectivity index (χ0) is 10.3. The summed E-state index contributed by atoms with van der Waals surface area (Å²) in [5.74, 6) is 1.31. The van der Waals surface area contributed by atoms with Crippen molar-refractivity contribution in [3.05, 3.63) is 29.9 Å². The largest absolute Gasteiger partial charge is 0.390 e. The Morgan fingerprint density at radius 1 is 1.33 bits per heavy atom. The number of rotatable bonds is 1. The third-order valence-electron chi connectivity index (χ3n) is 2.13. The number of fused-ring (bicyclic) bond motifs is 1. The molecule has 0 saturated heterocycles. The zero-order valence-corrected chi connectivity index (χ0v) is 8.48. The molecule has 0 aliphatic carbocycles. The summed E-state index contributed by atoms with van der Waals surface area (Å²) in [5.41, 5.74) is 6.74. The molecule has 0 aliphatic heterocycles. The SMILES string of the molecule is Nc1sccc1-c1nnc2ncccn12. The summed E-state index contributed by atoms with van der Waals surface area (Å²) in [6.07, 6.45) is 3.56. The van der Waals surface area contributed by atoms with E-state index in [1.165, 1.54) is 11.3 Å². The Morgan fingerprint density at radius 2 is 2.27 bits per heavy atom. The molecule has 3 aromatic heterocycles. The Balaban J connectivity index is 2.32. The van der Waals surface area contributed by atoms with E-state index in [1.807, 2.05) is 28.1 Å². The zero-order valence-electron chi connectivity index (χ0n) is 7.66. The fourth-order valence-corrected chi connectivity index (χ4v) is 2.07. The van der Waals surface area contributed by atoms with Gasteiger partial charge in [-0.2, -0.15) is 0 Å². The van der Waals surface area contributed by atoms with Crippen LogP contribution in [0.15, 0.2) is 29.9 Å². The van der Waals surface area contributed by atoms with Gasteiger partial charge in [-0.15, -0.1) is 21.5 Å². The minimum absolute atomic E-state index is 0.582. The van der Waals surface area contributed by atoms with Crippen LogP contribution in [-0.2, 0) is 0 Å². The van der Waals surface area contributed by atoms with Crippen molar-refractivity contribution in [1.29, 1.82) is 0 Å². The molecule has 0 aliphatic rings. The Labute approximate surface area is 89.2 Å². The first kappa shape index (κ1) is 8.37. The van der Waals surface area contributed by atoms with Crippen LogP contribution in [0.2, 0.25) is 0 Å². The van der Waals surface area contributed by atoms with E-state index in [2.05, 4.69) is 15.2 Å². The third-order valence-corrected chi connectivity index (χ3v) is 2.87. The Hall–Kier alpha value is -1.95. The van der Waals surface area contributed by atoms with Gasteiger partial charge in [0.15, 0.2) is 5.82 Å². The van der Waals surface area contributed by atoms with Crippen molar-refractivity contribution >= 4 is 22.1 Å². The Morgan fingerprint density at radius 3 is 3.07 bits per heavy atom. The van der Waals surface area contributed by atoms with Crippen molar-refractivity contribution in [1.82, 2.24) is 19.6 Å². The summed E-state index contributed by atoms with van der Waals surface area (Å²) < 4.78 is 1.82. The van der Waals surface area contributed by atoms with Crippen LogP contribution in [0, 0.1) is 0 Å². The van der Waals surface area contributed by atoms with Crippen LogP contribution in [0.1, 0.15) is 0 Å². The highest BCUT2D eigenvalue weighted by molar-refractivity contribution is 7.14. The molecule has 0 fully saturated rings. The maximum atomic E-state index is 5.84. The van der Waals surface area contributed by atoms with E-state index in [9.17, 15) is 0 Å². The molecule has 0 amide bonds. The number of nitrogens with zero attached hydrogens (tertiary/aromatic N) is 4. The summed E-state index contributed by atoms with van der Waals surface area (Å²) in [6.45, 7) is 0. The van der Waals surface area contributed by atoms with Crippen LogP contribution in [0.4, 0.5) is 5.00 Å². The molecule has 3 rings (SSSR count). The maximum absolute atomic E-state index is 5.84. The van der Waals surface area contributed by atoms with Gasteiger partial charge in [-0.25, -0.2) is 4.98 Å². The number of anilines is 1. The second kappa shape index (κ2) is 3.03. The molecular formula is C9H7N5S. The summed E-state index contributed by atoms with van der Waals surface area (Å²) in [4.78, 5) is 4.09. The van der Waals surface area contributed by atoms with Gasteiger partial charge < -0.3 is 5.73 Å². The van der Waals surface area contributed by atoms with E-state index in [1.54, 1.807) is 6.20 Å². The molecule has 2 N–H and O–H groups in total. The number of hydrogen-bond acceptors (Lipinski definition) is 5. The van der Waals surface area contributed by atoms with E-state index in [0.717, 1.165) is 16.4 Å². The number of nitrogen functional groups attached to an aromatic ring is 1. The van der Waals surface area contributed by atoms with Gasteiger partial charge in [0.1, 0.15) is 0 Å². The van der Waals surface area contributed by atoms with Gasteiger partial charge in [0, 0.05) is 12.4 Å². The molecule has 74 valence electrons. The van der Waals surface area contributed by atoms with Crippen LogP contribution >= 0.6 is 11.3 Å². The van der Waals surface area contributed by atoms with Crippen molar-refractivity contribution < 1.29 is 0 Å². The summed E-state index contributed by atoms with van der Waals surface area (Å²) >= 11 is 1.49. The molecule has 5 nitrogen and oxygen atoms in total. The van der Waals surface area contributed by atoms with Crippen LogP contribution in [0.5, 0.6) is 0 Å². The van der Waals surface area contributed by atoms with Gasteiger partial charge in [0.2, 0.25) is 0 Å². The molecule has 0 bridgehead atoms. The van der Waals surface area contributed by atoms with Gasteiger partial charge in [0.25, 0.3) is 5.78 Å².